The second-order valence-corrected chi connectivity index (χ2v) is 9.56. The maximum absolute atomic E-state index is 6.24. The van der Waals surface area contributed by atoms with Crippen LogP contribution in [-0.4, -0.2) is 38.6 Å². The summed E-state index contributed by atoms with van der Waals surface area (Å²) in [7, 11) is 0. The molecule has 2 atom stereocenters. The summed E-state index contributed by atoms with van der Waals surface area (Å²) in [5, 5.41) is 0. The second-order valence-electron chi connectivity index (χ2n) is 9.56. The van der Waals surface area contributed by atoms with Crippen molar-refractivity contribution in [3.8, 4) is 11.5 Å². The van der Waals surface area contributed by atoms with Crippen molar-refractivity contribution in [2.45, 2.75) is 50.7 Å². The van der Waals surface area contributed by atoms with E-state index in [2.05, 4.69) is 57.5 Å². The summed E-state index contributed by atoms with van der Waals surface area (Å²) in [4.78, 5) is 0. The van der Waals surface area contributed by atoms with Crippen molar-refractivity contribution in [1.82, 2.24) is 0 Å². The van der Waals surface area contributed by atoms with E-state index in [-0.39, 0.29) is 18.1 Å². The molecule has 0 amide bonds. The monoisotopic (exact) mass is 486 g/mol. The Bertz CT molecular complexity index is 958. The first-order valence-electron chi connectivity index (χ1n) is 12.8. The van der Waals surface area contributed by atoms with Gasteiger partial charge in [0.1, 0.15) is 36.9 Å². The lowest BCUT2D eigenvalue weighted by Gasteiger charge is -2.22. The maximum atomic E-state index is 6.24. The zero-order chi connectivity index (χ0) is 25.5. The summed E-state index contributed by atoms with van der Waals surface area (Å²) in [5.74, 6) is 2.05. The summed E-state index contributed by atoms with van der Waals surface area (Å²) < 4.78 is 23.2. The predicted octanol–water partition coefficient (Wildman–Crippen LogP) is 6.31. The van der Waals surface area contributed by atoms with Gasteiger partial charge in [0.15, 0.2) is 0 Å². The van der Waals surface area contributed by atoms with Gasteiger partial charge in [-0.2, -0.15) is 0 Å². The number of hydrogen-bond donors (Lipinski definition) is 0. The van der Waals surface area contributed by atoms with Crippen LogP contribution in [0.15, 0.2) is 74.9 Å². The molecule has 2 aromatic rings. The standard InChI is InChI=1S/C32H38O4/c1-6-10-23-14-27(15-24(11-7-2)31(23)35-20-29-18-33-29)22(5)28-16-25(12-8-3)32(26(17-28)13-9-4)36-21-30-19-34-30/h6-9,14-17,22,29-30H,1-4,10-13,18-21H2,5H3. The zero-order valence-electron chi connectivity index (χ0n) is 21.5. The maximum Gasteiger partial charge on any atom is 0.126 e. The Labute approximate surface area is 215 Å². The predicted molar refractivity (Wildman–Crippen MR) is 146 cm³/mol. The molecule has 2 unspecified atom stereocenters. The first kappa shape index (κ1) is 26.0. The highest BCUT2D eigenvalue weighted by Crippen LogP contribution is 2.37. The van der Waals surface area contributed by atoms with Crippen LogP contribution in [0.3, 0.4) is 0 Å². The molecule has 0 radical (unpaired) electrons. The fourth-order valence-corrected chi connectivity index (χ4v) is 4.54. The Balaban J connectivity index is 1.71. The van der Waals surface area contributed by atoms with Crippen LogP contribution >= 0.6 is 0 Å². The molecule has 4 rings (SSSR count). The lowest BCUT2D eigenvalue weighted by molar-refractivity contribution is 0.259. The molecule has 190 valence electrons. The molecule has 0 saturated carbocycles. The fraction of sp³-hybridized carbons (Fsp3) is 0.375. The van der Waals surface area contributed by atoms with Crippen LogP contribution in [0.2, 0.25) is 0 Å². The molecule has 2 saturated heterocycles. The average molecular weight is 487 g/mol. The Morgan fingerprint density at radius 3 is 1.25 bits per heavy atom. The molecule has 2 heterocycles. The van der Waals surface area contributed by atoms with E-state index < -0.39 is 0 Å². The molecule has 2 aliphatic heterocycles. The summed E-state index contributed by atoms with van der Waals surface area (Å²) in [5.41, 5.74) is 7.08. The van der Waals surface area contributed by atoms with Crippen molar-refractivity contribution in [2.75, 3.05) is 26.4 Å². The van der Waals surface area contributed by atoms with Gasteiger partial charge in [-0.15, -0.1) is 26.3 Å². The normalized spacial score (nSPS) is 18.7. The highest BCUT2D eigenvalue weighted by molar-refractivity contribution is 5.52. The van der Waals surface area contributed by atoms with Crippen molar-refractivity contribution < 1.29 is 18.9 Å². The van der Waals surface area contributed by atoms with Gasteiger partial charge in [-0.1, -0.05) is 55.5 Å². The number of benzene rings is 2. The van der Waals surface area contributed by atoms with Crippen molar-refractivity contribution in [3.05, 3.63) is 108 Å². The van der Waals surface area contributed by atoms with Crippen LogP contribution < -0.4 is 9.47 Å². The highest BCUT2D eigenvalue weighted by Gasteiger charge is 2.26. The Morgan fingerprint density at radius 2 is 1.00 bits per heavy atom. The molecular weight excluding hydrogens is 448 g/mol. The fourth-order valence-electron chi connectivity index (χ4n) is 4.54. The molecule has 0 aromatic heterocycles. The summed E-state index contributed by atoms with van der Waals surface area (Å²) in [6.07, 6.45) is 11.1. The highest BCUT2D eigenvalue weighted by atomic mass is 16.6. The van der Waals surface area contributed by atoms with Crippen LogP contribution in [-0.2, 0) is 35.2 Å². The van der Waals surface area contributed by atoms with Crippen LogP contribution in [0.1, 0.15) is 46.2 Å². The topological polar surface area (TPSA) is 43.5 Å². The first-order valence-corrected chi connectivity index (χ1v) is 12.8. The van der Waals surface area contributed by atoms with Gasteiger partial charge in [0.05, 0.1) is 13.2 Å². The largest absolute Gasteiger partial charge is 0.490 e. The smallest absolute Gasteiger partial charge is 0.126 e. The molecule has 4 nitrogen and oxygen atoms in total. The minimum Gasteiger partial charge on any atom is -0.490 e. The second kappa shape index (κ2) is 12.2. The molecule has 4 heteroatoms. The van der Waals surface area contributed by atoms with E-state index in [0.717, 1.165) is 72.6 Å². The Morgan fingerprint density at radius 1 is 0.694 bits per heavy atom. The van der Waals surface area contributed by atoms with Crippen molar-refractivity contribution in [3.63, 3.8) is 0 Å². The number of rotatable bonds is 16. The minimum absolute atomic E-state index is 0.172. The van der Waals surface area contributed by atoms with E-state index in [0.29, 0.717) is 13.2 Å². The summed E-state index contributed by atoms with van der Waals surface area (Å²) >= 11 is 0. The van der Waals surface area contributed by atoms with Crippen molar-refractivity contribution >= 4 is 0 Å². The lowest BCUT2D eigenvalue weighted by Crippen LogP contribution is -2.11. The number of ether oxygens (including phenoxy) is 4. The number of epoxide rings is 2. The molecule has 2 fully saturated rings. The van der Waals surface area contributed by atoms with Gasteiger partial charge >= 0.3 is 0 Å². The van der Waals surface area contributed by atoms with Crippen LogP contribution in [0.4, 0.5) is 0 Å². The van der Waals surface area contributed by atoms with E-state index in [1.165, 1.54) is 11.1 Å². The van der Waals surface area contributed by atoms with Crippen molar-refractivity contribution in [1.29, 1.82) is 0 Å². The number of hydrogen-bond acceptors (Lipinski definition) is 4. The van der Waals surface area contributed by atoms with E-state index >= 15 is 0 Å². The quantitative estimate of drug-likeness (QED) is 0.206. The minimum atomic E-state index is 0.172. The molecule has 2 aliphatic rings. The van der Waals surface area contributed by atoms with E-state index in [9.17, 15) is 0 Å². The van der Waals surface area contributed by atoms with E-state index in [1.54, 1.807) is 0 Å². The molecule has 0 aliphatic carbocycles. The van der Waals surface area contributed by atoms with Gasteiger partial charge < -0.3 is 18.9 Å². The van der Waals surface area contributed by atoms with Gasteiger partial charge in [0.25, 0.3) is 0 Å². The van der Waals surface area contributed by atoms with E-state index in [1.807, 2.05) is 24.3 Å². The third-order valence-electron chi connectivity index (χ3n) is 6.62. The van der Waals surface area contributed by atoms with Crippen LogP contribution in [0.5, 0.6) is 11.5 Å². The third-order valence-corrected chi connectivity index (χ3v) is 6.62. The van der Waals surface area contributed by atoms with Crippen molar-refractivity contribution in [2.24, 2.45) is 0 Å². The summed E-state index contributed by atoms with van der Waals surface area (Å²) in [6, 6.07) is 9.04. The molecule has 2 aromatic carbocycles. The van der Waals surface area contributed by atoms with Gasteiger partial charge in [-0.25, -0.2) is 0 Å². The average Bonchev–Trinajstić information content (AvgIpc) is 3.79. The SMILES string of the molecule is C=CCc1cc(C(C)c2cc(CC=C)c(OCC3CO3)c(CC=C)c2)cc(CC=C)c1OCC1CO1. The number of allylic oxidation sites excluding steroid dienone is 4. The molecule has 0 bridgehead atoms. The zero-order valence-corrected chi connectivity index (χ0v) is 21.5. The molecule has 0 N–H and O–H groups in total. The molecular formula is C32H38O4. The first-order chi connectivity index (χ1) is 17.6. The lowest BCUT2D eigenvalue weighted by atomic mass is 9.86. The van der Waals surface area contributed by atoms with E-state index in [4.69, 9.17) is 18.9 Å². The van der Waals surface area contributed by atoms with Crippen LogP contribution in [0.25, 0.3) is 0 Å². The molecule has 36 heavy (non-hydrogen) atoms. The molecule has 0 spiro atoms. The Hall–Kier alpha value is -3.08. The van der Waals surface area contributed by atoms with Gasteiger partial charge in [0, 0.05) is 5.92 Å². The van der Waals surface area contributed by atoms with Gasteiger partial charge in [-0.05, 0) is 59.1 Å². The van der Waals surface area contributed by atoms with Gasteiger partial charge in [0.2, 0.25) is 0 Å². The van der Waals surface area contributed by atoms with Gasteiger partial charge in [-0.3, -0.25) is 0 Å². The third kappa shape index (κ3) is 6.57. The Kier molecular flexibility index (Phi) is 8.84. The van der Waals surface area contributed by atoms with Crippen LogP contribution in [0, 0.1) is 0 Å². The summed E-state index contributed by atoms with van der Waals surface area (Å²) in [6.45, 7) is 20.9.